The van der Waals surface area contributed by atoms with Crippen molar-refractivity contribution in [2.45, 2.75) is 19.3 Å². The summed E-state index contributed by atoms with van der Waals surface area (Å²) >= 11 is 0. The summed E-state index contributed by atoms with van der Waals surface area (Å²) in [5.74, 6) is 0.313. The van der Waals surface area contributed by atoms with Crippen molar-refractivity contribution in [3.8, 4) is 5.75 Å². The van der Waals surface area contributed by atoms with Gasteiger partial charge >= 0.3 is 0 Å². The predicted octanol–water partition coefficient (Wildman–Crippen LogP) is 5.50. The van der Waals surface area contributed by atoms with Crippen molar-refractivity contribution in [2.75, 3.05) is 13.7 Å². The lowest BCUT2D eigenvalue weighted by Crippen LogP contribution is -2.24. The van der Waals surface area contributed by atoms with E-state index in [2.05, 4.69) is 11.4 Å². The van der Waals surface area contributed by atoms with Crippen molar-refractivity contribution in [3.05, 3.63) is 123 Å². The summed E-state index contributed by atoms with van der Waals surface area (Å²) in [7, 11) is 1.60. The van der Waals surface area contributed by atoms with Gasteiger partial charge in [-0.2, -0.15) is 0 Å². The van der Waals surface area contributed by atoms with Crippen LogP contribution in [0.25, 0.3) is 10.8 Å². The highest BCUT2D eigenvalue weighted by Gasteiger charge is 2.16. The molecule has 2 aromatic carbocycles. The van der Waals surface area contributed by atoms with E-state index in [1.54, 1.807) is 31.4 Å². The number of carbonyl (C=O) groups excluding carboxylic acids is 1. The number of fused-ring (bicyclic) bond motifs is 1. The van der Waals surface area contributed by atoms with Gasteiger partial charge in [0.1, 0.15) is 11.5 Å². The number of allylic oxidation sites excluding steroid dienone is 9. The Kier molecular flexibility index (Phi) is 7.26. The molecule has 0 aliphatic heterocycles. The number of phenolic OH excluding ortho intramolecular Hbond substituents is 1. The Morgan fingerprint density at radius 1 is 1.11 bits per heavy atom. The van der Waals surface area contributed by atoms with E-state index in [1.807, 2.05) is 42.5 Å². The smallest absolute Gasteiger partial charge is 0.255 e. The predicted molar refractivity (Wildman–Crippen MR) is 135 cm³/mol. The Bertz CT molecular complexity index is 1360. The molecule has 2 aromatic rings. The van der Waals surface area contributed by atoms with E-state index in [0.717, 1.165) is 27.5 Å². The van der Waals surface area contributed by atoms with Gasteiger partial charge in [0, 0.05) is 18.2 Å². The average molecular weight is 471 g/mol. The second-order valence-electron chi connectivity index (χ2n) is 8.23. The molecule has 4 rings (SSSR count). The van der Waals surface area contributed by atoms with Crippen molar-refractivity contribution in [1.29, 1.82) is 0 Å². The Morgan fingerprint density at radius 3 is 2.63 bits per heavy atom. The van der Waals surface area contributed by atoms with Crippen molar-refractivity contribution in [2.24, 2.45) is 0 Å². The zero-order valence-corrected chi connectivity index (χ0v) is 19.4. The van der Waals surface area contributed by atoms with Crippen LogP contribution >= 0.6 is 0 Å². The topological polar surface area (TPSA) is 102 Å². The number of aromatic hydroxyl groups is 1. The molecule has 178 valence electrons. The van der Waals surface area contributed by atoms with Crippen LogP contribution < -0.4 is 5.32 Å². The van der Waals surface area contributed by atoms with Gasteiger partial charge in [-0.15, -0.1) is 0 Å². The van der Waals surface area contributed by atoms with Crippen molar-refractivity contribution < 1.29 is 19.6 Å². The van der Waals surface area contributed by atoms with Crippen molar-refractivity contribution in [1.82, 2.24) is 5.32 Å². The average Bonchev–Trinajstić information content (AvgIpc) is 3.22. The first-order valence-electron chi connectivity index (χ1n) is 11.3. The minimum Gasteiger partial charge on any atom is -0.507 e. The van der Waals surface area contributed by atoms with E-state index in [1.165, 1.54) is 6.08 Å². The highest BCUT2D eigenvalue weighted by atomic mass is 16.6. The minimum absolute atomic E-state index is 0.0487. The lowest BCUT2D eigenvalue weighted by atomic mass is 10.00. The maximum atomic E-state index is 12.7. The van der Waals surface area contributed by atoms with Crippen molar-refractivity contribution >= 4 is 16.7 Å². The Morgan fingerprint density at radius 2 is 1.89 bits per heavy atom. The van der Waals surface area contributed by atoms with Gasteiger partial charge in [0.25, 0.3) is 5.91 Å². The molecule has 2 aliphatic rings. The zero-order chi connectivity index (χ0) is 24.8. The van der Waals surface area contributed by atoms with Gasteiger partial charge in [0.05, 0.1) is 24.0 Å². The molecule has 35 heavy (non-hydrogen) atoms. The largest absolute Gasteiger partial charge is 0.507 e. The molecule has 0 fully saturated rings. The summed E-state index contributed by atoms with van der Waals surface area (Å²) in [5.41, 5.74) is 3.21. The van der Waals surface area contributed by atoms with Crippen LogP contribution in [0.4, 0.5) is 0 Å². The van der Waals surface area contributed by atoms with Gasteiger partial charge in [-0.25, -0.2) is 0 Å². The van der Waals surface area contributed by atoms with Gasteiger partial charge in [-0.3, -0.25) is 14.9 Å². The number of amides is 1. The molecule has 2 aliphatic carbocycles. The van der Waals surface area contributed by atoms with Gasteiger partial charge in [-0.05, 0) is 59.0 Å². The van der Waals surface area contributed by atoms with Crippen LogP contribution in [-0.2, 0) is 4.74 Å². The fourth-order valence-electron chi connectivity index (χ4n) is 4.10. The highest BCUT2D eigenvalue weighted by Crippen LogP contribution is 2.29. The van der Waals surface area contributed by atoms with E-state index < -0.39 is 0 Å². The first kappa shape index (κ1) is 23.8. The number of nitrogens with zero attached hydrogens (tertiary/aromatic N) is 1. The summed E-state index contributed by atoms with van der Waals surface area (Å²) in [6.07, 6.45) is 14.3. The molecule has 7 heteroatoms. The normalized spacial score (nSPS) is 15.6. The zero-order valence-electron chi connectivity index (χ0n) is 19.4. The standard InChI is InChI=1S/C28H26N2O5/c1-35-27-14-10-19(9-13-24(27)20-7-4-8-23(12-11-20)30(33)34)15-16-29-28(32)25-17-21-5-2-3-6-22(21)18-26(25)31/h2-7,9-12,14,17-18,31H,8,13,15-16H2,1H3,(H,29,32). The van der Waals surface area contributed by atoms with E-state index in [-0.39, 0.29) is 34.3 Å². The van der Waals surface area contributed by atoms with E-state index in [4.69, 9.17) is 4.74 Å². The molecule has 0 bridgehead atoms. The van der Waals surface area contributed by atoms with Crippen molar-refractivity contribution in [3.63, 3.8) is 0 Å². The number of hydrogen-bond acceptors (Lipinski definition) is 5. The number of nitro groups is 1. The van der Waals surface area contributed by atoms with Gasteiger partial charge in [0.2, 0.25) is 5.70 Å². The van der Waals surface area contributed by atoms with Gasteiger partial charge < -0.3 is 15.2 Å². The molecule has 0 saturated heterocycles. The lowest BCUT2D eigenvalue weighted by molar-refractivity contribution is -0.426. The molecule has 1 amide bonds. The summed E-state index contributed by atoms with van der Waals surface area (Å²) < 4.78 is 5.58. The third-order valence-corrected chi connectivity index (χ3v) is 6.01. The number of benzene rings is 2. The fourth-order valence-corrected chi connectivity index (χ4v) is 4.10. The van der Waals surface area contributed by atoms with Crippen LogP contribution in [0.2, 0.25) is 0 Å². The van der Waals surface area contributed by atoms with Gasteiger partial charge in [-0.1, -0.05) is 48.6 Å². The molecule has 0 saturated carbocycles. The van der Waals surface area contributed by atoms with Crippen LogP contribution in [0.15, 0.2) is 107 Å². The second kappa shape index (κ2) is 10.7. The van der Waals surface area contributed by atoms with Crippen LogP contribution in [0.3, 0.4) is 0 Å². The molecule has 0 aromatic heterocycles. The maximum Gasteiger partial charge on any atom is 0.255 e. The Balaban J connectivity index is 1.42. The van der Waals surface area contributed by atoms with E-state index in [9.17, 15) is 20.0 Å². The lowest BCUT2D eigenvalue weighted by Gasteiger charge is -2.10. The molecular formula is C28H26N2O5. The molecule has 0 atom stereocenters. The number of rotatable bonds is 7. The van der Waals surface area contributed by atoms with Gasteiger partial charge in [0.15, 0.2) is 0 Å². The van der Waals surface area contributed by atoms with Crippen LogP contribution in [0.5, 0.6) is 5.75 Å². The number of nitrogens with one attached hydrogen (secondary N) is 1. The first-order chi connectivity index (χ1) is 17.0. The number of ether oxygens (including phenoxy) is 1. The molecule has 0 spiro atoms. The van der Waals surface area contributed by atoms with E-state index >= 15 is 0 Å². The molecule has 0 heterocycles. The molecule has 7 nitrogen and oxygen atoms in total. The molecule has 2 N–H and O–H groups in total. The highest BCUT2D eigenvalue weighted by molar-refractivity contribution is 6.01. The number of methoxy groups -OCH3 is 1. The maximum absolute atomic E-state index is 12.7. The van der Waals surface area contributed by atoms with Crippen LogP contribution in [0, 0.1) is 10.1 Å². The monoisotopic (exact) mass is 470 g/mol. The number of hydrogen-bond donors (Lipinski definition) is 2. The summed E-state index contributed by atoms with van der Waals surface area (Å²) in [4.78, 5) is 23.4. The van der Waals surface area contributed by atoms with Crippen LogP contribution in [0.1, 0.15) is 29.6 Å². The Hall–Kier alpha value is -4.39. The van der Waals surface area contributed by atoms with Crippen LogP contribution in [-0.4, -0.2) is 29.6 Å². The Labute approximate surface area is 203 Å². The first-order valence-corrected chi connectivity index (χ1v) is 11.3. The summed E-state index contributed by atoms with van der Waals surface area (Å²) in [5, 5.41) is 26.0. The second-order valence-corrected chi connectivity index (χ2v) is 8.23. The minimum atomic E-state index is -0.369. The summed E-state index contributed by atoms with van der Waals surface area (Å²) in [6.45, 7) is 0.399. The molecule has 0 radical (unpaired) electrons. The molecular weight excluding hydrogens is 444 g/mol. The third kappa shape index (κ3) is 5.58. The molecule has 0 unspecified atom stereocenters. The fraction of sp³-hybridized carbons (Fsp3) is 0.179. The quantitative estimate of drug-likeness (QED) is 0.411. The number of carbonyl (C=O) groups is 1. The van der Waals surface area contributed by atoms with E-state index in [0.29, 0.717) is 25.1 Å². The summed E-state index contributed by atoms with van der Waals surface area (Å²) in [6, 6.07) is 10.8. The SMILES string of the molecule is COC1=C(C2=CC=C([N+](=O)[O-])CC=C2)CC=C(CCNC(=O)c2cc3ccccc3cc2O)C=C1. The third-order valence-electron chi connectivity index (χ3n) is 6.01. The number of phenols is 1.